The van der Waals surface area contributed by atoms with Crippen molar-refractivity contribution in [2.45, 2.75) is 19.4 Å². The van der Waals surface area contributed by atoms with Gasteiger partial charge in [-0.2, -0.15) is 0 Å². The maximum absolute atomic E-state index is 12.8. The van der Waals surface area contributed by atoms with Gasteiger partial charge in [-0.25, -0.2) is 9.97 Å². The van der Waals surface area contributed by atoms with Gasteiger partial charge in [-0.3, -0.25) is 4.79 Å². The molecule has 0 spiro atoms. The van der Waals surface area contributed by atoms with Crippen LogP contribution in [0.5, 0.6) is 0 Å². The van der Waals surface area contributed by atoms with Crippen LogP contribution >= 0.6 is 11.3 Å². The molecule has 2 aromatic heterocycles. The first-order valence-corrected chi connectivity index (χ1v) is 9.57. The van der Waals surface area contributed by atoms with Gasteiger partial charge in [0.25, 0.3) is 5.91 Å². The highest BCUT2D eigenvalue weighted by Crippen LogP contribution is 2.27. The summed E-state index contributed by atoms with van der Waals surface area (Å²) in [4.78, 5) is 26.5. The summed E-state index contributed by atoms with van der Waals surface area (Å²) in [5.41, 5.74) is 1.06. The van der Waals surface area contributed by atoms with E-state index in [0.29, 0.717) is 19.1 Å². The van der Waals surface area contributed by atoms with Crippen molar-refractivity contribution in [2.24, 2.45) is 5.92 Å². The normalized spacial score (nSPS) is 23.9. The van der Waals surface area contributed by atoms with Gasteiger partial charge < -0.3 is 14.5 Å². The topological polar surface area (TPSA) is 58.6 Å². The number of piperidine rings is 1. The number of rotatable bonds is 2. The van der Waals surface area contributed by atoms with E-state index in [0.717, 1.165) is 42.4 Å². The number of carbonyl (C=O) groups excluding carboxylic acids is 1. The molecule has 0 N–H and O–H groups in total. The first-order chi connectivity index (χ1) is 12.2. The Morgan fingerprint density at radius 2 is 2.12 bits per heavy atom. The lowest BCUT2D eigenvalue weighted by Crippen LogP contribution is -2.49. The van der Waals surface area contributed by atoms with Gasteiger partial charge in [-0.05, 0) is 36.4 Å². The zero-order chi connectivity index (χ0) is 17.2. The molecule has 4 rings (SSSR count). The van der Waals surface area contributed by atoms with E-state index >= 15 is 0 Å². The number of amides is 1. The Morgan fingerprint density at radius 1 is 1.28 bits per heavy atom. The average molecular weight is 358 g/mol. The van der Waals surface area contributed by atoms with Crippen molar-refractivity contribution in [1.82, 2.24) is 14.9 Å². The number of likely N-dealkylation sites (tertiary alicyclic amines) is 1. The van der Waals surface area contributed by atoms with Crippen LogP contribution in [0, 0.1) is 12.8 Å². The van der Waals surface area contributed by atoms with Crippen LogP contribution in [-0.4, -0.2) is 59.7 Å². The molecule has 1 amide bonds. The first-order valence-electron chi connectivity index (χ1n) is 8.69. The molecule has 132 valence electrons. The lowest BCUT2D eigenvalue weighted by atomic mass is 9.93. The summed E-state index contributed by atoms with van der Waals surface area (Å²) in [6, 6.07) is 3.84. The van der Waals surface area contributed by atoms with Gasteiger partial charge >= 0.3 is 0 Å². The number of nitrogens with zero attached hydrogens (tertiary/aromatic N) is 4. The number of carbonyl (C=O) groups is 1. The van der Waals surface area contributed by atoms with Crippen LogP contribution in [0.25, 0.3) is 0 Å². The van der Waals surface area contributed by atoms with Crippen LogP contribution in [0.1, 0.15) is 21.7 Å². The second-order valence-corrected chi connectivity index (χ2v) is 7.55. The van der Waals surface area contributed by atoms with Gasteiger partial charge in [0.05, 0.1) is 17.6 Å². The standard InChI is InChI=1S/C18H22N4O2S/c1-13-4-10-25-16(13)17(23)21-7-3-14-11-22(8-9-24-15(14)12-21)18-19-5-2-6-20-18/h2,4-6,10,14-15H,3,7-9,11-12H2,1H3/t14-,15-/m1/s1. The Hall–Kier alpha value is -1.99. The van der Waals surface area contributed by atoms with Gasteiger partial charge in [0.1, 0.15) is 0 Å². The molecule has 2 aliphatic heterocycles. The van der Waals surface area contributed by atoms with Crippen molar-refractivity contribution >= 4 is 23.2 Å². The molecular formula is C18H22N4O2S. The fourth-order valence-corrected chi connectivity index (χ4v) is 4.50. The second kappa shape index (κ2) is 7.09. The molecule has 6 nitrogen and oxygen atoms in total. The van der Waals surface area contributed by atoms with E-state index in [4.69, 9.17) is 4.74 Å². The number of hydrogen-bond acceptors (Lipinski definition) is 6. The molecule has 2 atom stereocenters. The molecule has 25 heavy (non-hydrogen) atoms. The Morgan fingerprint density at radius 3 is 2.88 bits per heavy atom. The Kier molecular flexibility index (Phi) is 4.67. The smallest absolute Gasteiger partial charge is 0.264 e. The fourth-order valence-electron chi connectivity index (χ4n) is 3.61. The summed E-state index contributed by atoms with van der Waals surface area (Å²) in [7, 11) is 0. The Balaban J connectivity index is 1.44. The molecule has 2 saturated heterocycles. The summed E-state index contributed by atoms with van der Waals surface area (Å²) >= 11 is 1.53. The highest BCUT2D eigenvalue weighted by Gasteiger charge is 2.36. The van der Waals surface area contributed by atoms with E-state index in [1.807, 2.05) is 29.3 Å². The predicted molar refractivity (Wildman–Crippen MR) is 97.1 cm³/mol. The van der Waals surface area contributed by atoms with E-state index in [-0.39, 0.29) is 12.0 Å². The van der Waals surface area contributed by atoms with E-state index < -0.39 is 0 Å². The minimum Gasteiger partial charge on any atom is -0.374 e. The fraction of sp³-hybridized carbons (Fsp3) is 0.500. The van der Waals surface area contributed by atoms with Crippen LogP contribution in [-0.2, 0) is 4.74 Å². The summed E-state index contributed by atoms with van der Waals surface area (Å²) in [5.74, 6) is 1.31. The third kappa shape index (κ3) is 3.39. The summed E-state index contributed by atoms with van der Waals surface area (Å²) in [6.07, 6.45) is 4.59. The van der Waals surface area contributed by atoms with Gasteiger partial charge in [0.2, 0.25) is 5.95 Å². The molecule has 2 aliphatic rings. The van der Waals surface area contributed by atoms with Gasteiger partial charge in [-0.15, -0.1) is 11.3 Å². The number of fused-ring (bicyclic) bond motifs is 1. The molecule has 0 radical (unpaired) electrons. The van der Waals surface area contributed by atoms with Crippen molar-refractivity contribution in [1.29, 1.82) is 0 Å². The van der Waals surface area contributed by atoms with Crippen molar-refractivity contribution in [3.8, 4) is 0 Å². The van der Waals surface area contributed by atoms with Gasteiger partial charge in [-0.1, -0.05) is 0 Å². The SMILES string of the molecule is Cc1ccsc1C(=O)N1CC[C@@H]2CN(c3ncccn3)CCO[C@@H]2C1. The highest BCUT2D eigenvalue weighted by atomic mass is 32.1. The predicted octanol–water partition coefficient (Wildman–Crippen LogP) is 2.21. The van der Waals surface area contributed by atoms with E-state index in [9.17, 15) is 4.79 Å². The molecule has 0 bridgehead atoms. The van der Waals surface area contributed by atoms with Crippen molar-refractivity contribution < 1.29 is 9.53 Å². The average Bonchev–Trinajstić information content (AvgIpc) is 2.96. The summed E-state index contributed by atoms with van der Waals surface area (Å²) in [6.45, 7) is 5.76. The van der Waals surface area contributed by atoms with Crippen LogP contribution < -0.4 is 4.90 Å². The number of hydrogen-bond donors (Lipinski definition) is 0. The maximum Gasteiger partial charge on any atom is 0.264 e. The molecular weight excluding hydrogens is 336 g/mol. The third-order valence-corrected chi connectivity index (χ3v) is 6.03. The monoisotopic (exact) mass is 358 g/mol. The number of ether oxygens (including phenoxy) is 1. The number of anilines is 1. The zero-order valence-electron chi connectivity index (χ0n) is 14.3. The van der Waals surface area contributed by atoms with Crippen molar-refractivity contribution in [3.63, 3.8) is 0 Å². The van der Waals surface area contributed by atoms with Crippen LogP contribution in [0.2, 0.25) is 0 Å². The summed E-state index contributed by atoms with van der Waals surface area (Å²) < 4.78 is 6.10. The zero-order valence-corrected chi connectivity index (χ0v) is 15.1. The van der Waals surface area contributed by atoms with E-state index in [2.05, 4.69) is 14.9 Å². The lowest BCUT2D eigenvalue weighted by Gasteiger charge is -2.37. The van der Waals surface area contributed by atoms with Crippen LogP contribution in [0.3, 0.4) is 0 Å². The van der Waals surface area contributed by atoms with Crippen molar-refractivity contribution in [3.05, 3.63) is 40.3 Å². The molecule has 2 fully saturated rings. The largest absolute Gasteiger partial charge is 0.374 e. The number of aryl methyl sites for hydroxylation is 1. The lowest BCUT2D eigenvalue weighted by molar-refractivity contribution is -0.0168. The Bertz CT molecular complexity index is 736. The minimum atomic E-state index is 0.0895. The quantitative estimate of drug-likeness (QED) is 0.824. The van der Waals surface area contributed by atoms with Crippen LogP contribution in [0.4, 0.5) is 5.95 Å². The molecule has 2 aromatic rings. The first kappa shape index (κ1) is 16.5. The van der Waals surface area contributed by atoms with Crippen molar-refractivity contribution in [2.75, 3.05) is 37.7 Å². The molecule has 0 saturated carbocycles. The Labute approximate surface area is 151 Å². The van der Waals surface area contributed by atoms with Crippen LogP contribution in [0.15, 0.2) is 29.9 Å². The highest BCUT2D eigenvalue weighted by molar-refractivity contribution is 7.12. The molecule has 0 aromatic carbocycles. The molecule has 0 aliphatic carbocycles. The molecule has 7 heteroatoms. The third-order valence-electron chi connectivity index (χ3n) is 5.02. The maximum atomic E-state index is 12.8. The number of thiophene rings is 1. The minimum absolute atomic E-state index is 0.0895. The molecule has 4 heterocycles. The number of aromatic nitrogens is 2. The van der Waals surface area contributed by atoms with Gasteiger partial charge in [0, 0.05) is 44.5 Å². The van der Waals surface area contributed by atoms with E-state index in [1.165, 1.54) is 11.3 Å². The van der Waals surface area contributed by atoms with Gasteiger partial charge in [0.15, 0.2) is 0 Å². The summed E-state index contributed by atoms with van der Waals surface area (Å²) in [5, 5.41) is 1.98. The molecule has 0 unspecified atom stereocenters. The second-order valence-electron chi connectivity index (χ2n) is 6.64. The van der Waals surface area contributed by atoms with E-state index in [1.54, 1.807) is 12.4 Å².